The second-order valence-electron chi connectivity index (χ2n) is 6.74. The van der Waals surface area contributed by atoms with E-state index in [2.05, 4.69) is 0 Å². The zero-order chi connectivity index (χ0) is 21.4. The molecule has 154 valence electrons. The van der Waals surface area contributed by atoms with Gasteiger partial charge in [-0.3, -0.25) is 9.59 Å². The van der Waals surface area contributed by atoms with Gasteiger partial charge in [0.2, 0.25) is 5.91 Å². The SMILES string of the molecule is C[C@@H](c1ccccc1)N(C)C(=O)COC(=O)c1ccccc1SCC(=O)N(C)C. The number of nitrogens with zero attached hydrogens (tertiary/aromatic N) is 2. The van der Waals surface area contributed by atoms with Gasteiger partial charge in [0.25, 0.3) is 5.91 Å². The molecule has 0 aliphatic rings. The zero-order valence-electron chi connectivity index (χ0n) is 17.1. The summed E-state index contributed by atoms with van der Waals surface area (Å²) in [5.41, 5.74) is 1.34. The number of thioether (sulfide) groups is 1. The number of ether oxygens (including phenoxy) is 1. The molecule has 0 saturated carbocycles. The molecule has 0 N–H and O–H groups in total. The molecule has 0 spiro atoms. The molecule has 1 atom stereocenters. The molecule has 2 amide bonds. The molecule has 7 heteroatoms. The fraction of sp³-hybridized carbons (Fsp3) is 0.318. The molecule has 2 aromatic rings. The number of carbonyl (C=O) groups is 3. The van der Waals surface area contributed by atoms with Crippen LogP contribution in [-0.2, 0) is 14.3 Å². The Morgan fingerprint density at radius 3 is 2.21 bits per heavy atom. The lowest BCUT2D eigenvalue weighted by molar-refractivity contribution is -0.135. The highest BCUT2D eigenvalue weighted by molar-refractivity contribution is 8.00. The highest BCUT2D eigenvalue weighted by Crippen LogP contribution is 2.24. The average molecular weight is 415 g/mol. The van der Waals surface area contributed by atoms with Crippen LogP contribution in [0.4, 0.5) is 0 Å². The van der Waals surface area contributed by atoms with E-state index in [9.17, 15) is 14.4 Å². The van der Waals surface area contributed by atoms with Gasteiger partial charge < -0.3 is 14.5 Å². The summed E-state index contributed by atoms with van der Waals surface area (Å²) in [6, 6.07) is 16.4. The van der Waals surface area contributed by atoms with Gasteiger partial charge in [-0.15, -0.1) is 11.8 Å². The number of amides is 2. The largest absolute Gasteiger partial charge is 0.452 e. The summed E-state index contributed by atoms with van der Waals surface area (Å²) in [6.45, 7) is 1.57. The van der Waals surface area contributed by atoms with E-state index in [0.29, 0.717) is 10.5 Å². The maximum atomic E-state index is 12.5. The van der Waals surface area contributed by atoms with E-state index in [1.807, 2.05) is 37.3 Å². The van der Waals surface area contributed by atoms with E-state index in [1.54, 1.807) is 50.3 Å². The molecule has 0 aliphatic heterocycles. The van der Waals surface area contributed by atoms with Crippen molar-refractivity contribution >= 4 is 29.5 Å². The molecule has 0 heterocycles. The molecular formula is C22H26N2O4S. The summed E-state index contributed by atoms with van der Waals surface area (Å²) in [7, 11) is 5.05. The molecule has 0 fully saturated rings. The summed E-state index contributed by atoms with van der Waals surface area (Å²) < 4.78 is 5.25. The van der Waals surface area contributed by atoms with Crippen LogP contribution in [0.15, 0.2) is 59.5 Å². The van der Waals surface area contributed by atoms with E-state index >= 15 is 0 Å². The lowest BCUT2D eigenvalue weighted by Gasteiger charge is -2.25. The van der Waals surface area contributed by atoms with Gasteiger partial charge in [0.05, 0.1) is 17.4 Å². The molecule has 0 radical (unpaired) electrons. The third kappa shape index (κ3) is 6.35. The Balaban J connectivity index is 1.96. The Hall–Kier alpha value is -2.80. The number of rotatable bonds is 8. The summed E-state index contributed by atoms with van der Waals surface area (Å²) in [4.78, 5) is 40.5. The lowest BCUT2D eigenvalue weighted by atomic mass is 10.1. The molecule has 0 bridgehead atoms. The maximum absolute atomic E-state index is 12.5. The van der Waals surface area contributed by atoms with Crippen molar-refractivity contribution in [1.29, 1.82) is 0 Å². The first-order valence-electron chi connectivity index (χ1n) is 9.21. The van der Waals surface area contributed by atoms with Crippen molar-refractivity contribution < 1.29 is 19.1 Å². The smallest absolute Gasteiger partial charge is 0.339 e. The van der Waals surface area contributed by atoms with Crippen LogP contribution in [0.25, 0.3) is 0 Å². The van der Waals surface area contributed by atoms with Gasteiger partial charge in [-0.05, 0) is 24.6 Å². The van der Waals surface area contributed by atoms with Crippen LogP contribution in [0, 0.1) is 0 Å². The number of esters is 1. The van der Waals surface area contributed by atoms with E-state index in [4.69, 9.17) is 4.74 Å². The first-order chi connectivity index (χ1) is 13.8. The number of benzene rings is 2. The number of hydrogen-bond donors (Lipinski definition) is 0. The highest BCUT2D eigenvalue weighted by atomic mass is 32.2. The molecule has 0 saturated heterocycles. The Bertz CT molecular complexity index is 855. The summed E-state index contributed by atoms with van der Waals surface area (Å²) in [5, 5.41) is 0. The summed E-state index contributed by atoms with van der Waals surface area (Å²) >= 11 is 1.27. The van der Waals surface area contributed by atoms with E-state index in [1.165, 1.54) is 16.7 Å². The monoisotopic (exact) mass is 414 g/mol. The van der Waals surface area contributed by atoms with Gasteiger partial charge in [0, 0.05) is 26.0 Å². The quantitative estimate of drug-likeness (QED) is 0.490. The summed E-state index contributed by atoms with van der Waals surface area (Å²) in [6.07, 6.45) is 0. The zero-order valence-corrected chi connectivity index (χ0v) is 17.9. The normalized spacial score (nSPS) is 11.4. The molecule has 0 aromatic heterocycles. The van der Waals surface area contributed by atoms with Crippen molar-refractivity contribution in [2.24, 2.45) is 0 Å². The Labute approximate surface area is 175 Å². The fourth-order valence-electron chi connectivity index (χ4n) is 2.51. The van der Waals surface area contributed by atoms with Crippen LogP contribution in [0.2, 0.25) is 0 Å². The van der Waals surface area contributed by atoms with Crippen LogP contribution in [0.3, 0.4) is 0 Å². The highest BCUT2D eigenvalue weighted by Gasteiger charge is 2.20. The molecular weight excluding hydrogens is 388 g/mol. The minimum absolute atomic E-state index is 0.0510. The predicted octanol–water partition coefficient (Wildman–Crippen LogP) is 3.24. The van der Waals surface area contributed by atoms with E-state index in [-0.39, 0.29) is 30.2 Å². The molecule has 0 unspecified atom stereocenters. The minimum Gasteiger partial charge on any atom is -0.452 e. The van der Waals surface area contributed by atoms with Crippen molar-refractivity contribution in [2.45, 2.75) is 17.9 Å². The van der Waals surface area contributed by atoms with Gasteiger partial charge in [0.15, 0.2) is 6.61 Å². The van der Waals surface area contributed by atoms with Crippen LogP contribution in [-0.4, -0.2) is 61.1 Å². The Kier molecular flexibility index (Phi) is 8.27. The van der Waals surface area contributed by atoms with Crippen molar-refractivity contribution in [3.63, 3.8) is 0 Å². The number of carbonyl (C=O) groups excluding carboxylic acids is 3. The molecule has 2 aromatic carbocycles. The third-order valence-electron chi connectivity index (χ3n) is 4.54. The van der Waals surface area contributed by atoms with Crippen LogP contribution < -0.4 is 0 Å². The second-order valence-corrected chi connectivity index (χ2v) is 7.76. The fourth-order valence-corrected chi connectivity index (χ4v) is 3.53. The first kappa shape index (κ1) is 22.5. The Morgan fingerprint density at radius 1 is 0.931 bits per heavy atom. The summed E-state index contributed by atoms with van der Waals surface area (Å²) in [5.74, 6) is -0.708. The predicted molar refractivity (Wildman–Crippen MR) is 114 cm³/mol. The van der Waals surface area contributed by atoms with Crippen molar-refractivity contribution in [2.75, 3.05) is 33.5 Å². The molecule has 2 rings (SSSR count). The topological polar surface area (TPSA) is 66.9 Å². The molecule has 0 aliphatic carbocycles. The van der Waals surface area contributed by atoms with Crippen molar-refractivity contribution in [3.8, 4) is 0 Å². The van der Waals surface area contributed by atoms with Crippen LogP contribution in [0.1, 0.15) is 28.9 Å². The molecule has 29 heavy (non-hydrogen) atoms. The molecule has 6 nitrogen and oxygen atoms in total. The number of likely N-dealkylation sites (N-methyl/N-ethyl adjacent to an activating group) is 1. The van der Waals surface area contributed by atoms with E-state index < -0.39 is 5.97 Å². The van der Waals surface area contributed by atoms with Gasteiger partial charge in [-0.1, -0.05) is 42.5 Å². The van der Waals surface area contributed by atoms with Crippen LogP contribution in [0.5, 0.6) is 0 Å². The van der Waals surface area contributed by atoms with Crippen LogP contribution >= 0.6 is 11.8 Å². The average Bonchev–Trinajstić information content (AvgIpc) is 2.75. The maximum Gasteiger partial charge on any atom is 0.339 e. The third-order valence-corrected chi connectivity index (χ3v) is 5.60. The van der Waals surface area contributed by atoms with Gasteiger partial charge in [0.1, 0.15) is 0 Å². The minimum atomic E-state index is -0.584. The standard InChI is InChI=1S/C22H26N2O4S/c1-16(17-10-6-5-7-11-17)24(4)20(25)14-28-22(27)18-12-8-9-13-19(18)29-15-21(26)23(2)3/h5-13,16H,14-15H2,1-4H3/t16-/m0/s1. The van der Waals surface area contributed by atoms with Crippen molar-refractivity contribution in [1.82, 2.24) is 9.80 Å². The van der Waals surface area contributed by atoms with Crippen molar-refractivity contribution in [3.05, 3.63) is 65.7 Å². The Morgan fingerprint density at radius 2 is 1.55 bits per heavy atom. The second kappa shape index (κ2) is 10.7. The lowest BCUT2D eigenvalue weighted by Crippen LogP contribution is -2.33. The number of hydrogen-bond acceptors (Lipinski definition) is 5. The van der Waals surface area contributed by atoms with E-state index in [0.717, 1.165) is 5.56 Å². The van der Waals surface area contributed by atoms with Gasteiger partial charge in [-0.2, -0.15) is 0 Å². The van der Waals surface area contributed by atoms with Gasteiger partial charge >= 0.3 is 5.97 Å². The first-order valence-corrected chi connectivity index (χ1v) is 10.2. The van der Waals surface area contributed by atoms with Gasteiger partial charge in [-0.25, -0.2) is 4.79 Å².